The molecule has 1 N–H and O–H groups in total. The van der Waals surface area contributed by atoms with Crippen molar-refractivity contribution in [3.05, 3.63) is 107 Å². The predicted molar refractivity (Wildman–Crippen MR) is 172 cm³/mol. The van der Waals surface area contributed by atoms with Gasteiger partial charge in [0.05, 0.1) is 10.6 Å². The van der Waals surface area contributed by atoms with Gasteiger partial charge in [0, 0.05) is 42.4 Å². The van der Waals surface area contributed by atoms with E-state index in [1.165, 1.54) is 4.31 Å². The monoisotopic (exact) mass is 617 g/mol. The van der Waals surface area contributed by atoms with Crippen LogP contribution in [0.2, 0.25) is 5.02 Å². The zero-order chi connectivity index (χ0) is 30.6. The molecule has 1 aliphatic heterocycles. The van der Waals surface area contributed by atoms with Gasteiger partial charge in [-0.2, -0.15) is 0 Å². The highest BCUT2D eigenvalue weighted by Crippen LogP contribution is 2.42. The lowest BCUT2D eigenvalue weighted by Crippen LogP contribution is -2.52. The van der Waals surface area contributed by atoms with Crippen molar-refractivity contribution in [2.24, 2.45) is 0 Å². The summed E-state index contributed by atoms with van der Waals surface area (Å²) in [5, 5.41) is 5.14. The summed E-state index contributed by atoms with van der Waals surface area (Å²) in [5.74, 6) is -0.477. The number of hydrogen-bond donors (Lipinski definition) is 1. The molecule has 0 bridgehead atoms. The lowest BCUT2D eigenvalue weighted by molar-refractivity contribution is -0.141. The van der Waals surface area contributed by atoms with E-state index in [9.17, 15) is 18.0 Å². The first-order chi connectivity index (χ1) is 20.7. The second kappa shape index (κ2) is 13.2. The third-order valence-corrected chi connectivity index (χ3v) is 10.2. The largest absolute Gasteiger partial charge is 0.352 e. The van der Waals surface area contributed by atoms with Crippen molar-refractivity contribution < 1.29 is 18.0 Å². The van der Waals surface area contributed by atoms with Crippen LogP contribution in [0, 0.1) is 0 Å². The van der Waals surface area contributed by atoms with Gasteiger partial charge in [0.2, 0.25) is 11.8 Å². The van der Waals surface area contributed by atoms with E-state index in [1.54, 1.807) is 29.2 Å². The number of anilines is 1. The summed E-state index contributed by atoms with van der Waals surface area (Å²) in [6, 6.07) is 26.9. The molecule has 2 amide bonds. The molecule has 7 nitrogen and oxygen atoms in total. The van der Waals surface area contributed by atoms with E-state index in [2.05, 4.69) is 5.32 Å². The lowest BCUT2D eigenvalue weighted by Gasteiger charge is -2.33. The van der Waals surface area contributed by atoms with Crippen molar-refractivity contribution in [1.29, 1.82) is 0 Å². The standard InChI is InChI=1S/C34H36ClN3O4S/c1-3-24(2)36-34(40)30(22-25-12-5-4-6-13-25)37(23-27-14-7-8-17-28(27)35)32(39)20-11-21-38-29-18-9-15-26-16-10-19-31(33(26)29)43(38,41)42/h4-10,12-19,24,30H,3,11,20-23H2,1-2H3,(H,36,40)/t24-,30-/m1/s1. The highest BCUT2D eigenvalue weighted by Gasteiger charge is 2.36. The summed E-state index contributed by atoms with van der Waals surface area (Å²) >= 11 is 6.52. The van der Waals surface area contributed by atoms with Gasteiger partial charge in [0.25, 0.3) is 10.0 Å². The van der Waals surface area contributed by atoms with Crippen LogP contribution < -0.4 is 9.62 Å². The zero-order valence-corrected chi connectivity index (χ0v) is 25.9. The predicted octanol–water partition coefficient (Wildman–Crippen LogP) is 6.34. The van der Waals surface area contributed by atoms with Gasteiger partial charge in [-0.25, -0.2) is 8.42 Å². The van der Waals surface area contributed by atoms with Crippen molar-refractivity contribution in [3.8, 4) is 0 Å². The summed E-state index contributed by atoms with van der Waals surface area (Å²) in [4.78, 5) is 29.6. The minimum atomic E-state index is -3.73. The maximum absolute atomic E-state index is 14.0. The van der Waals surface area contributed by atoms with Gasteiger partial charge in [-0.15, -0.1) is 0 Å². The van der Waals surface area contributed by atoms with Gasteiger partial charge in [-0.3, -0.25) is 13.9 Å². The average molecular weight is 618 g/mol. The molecule has 0 aromatic heterocycles. The van der Waals surface area contributed by atoms with Gasteiger partial charge in [0.1, 0.15) is 6.04 Å². The summed E-state index contributed by atoms with van der Waals surface area (Å²) in [6.45, 7) is 4.22. The van der Waals surface area contributed by atoms with Crippen LogP contribution in [0.3, 0.4) is 0 Å². The normalized spacial score (nSPS) is 14.8. The number of sulfonamides is 1. The van der Waals surface area contributed by atoms with Gasteiger partial charge in [-0.1, -0.05) is 91.3 Å². The topological polar surface area (TPSA) is 86.8 Å². The van der Waals surface area contributed by atoms with E-state index >= 15 is 0 Å². The molecule has 4 aromatic rings. The Balaban J connectivity index is 1.41. The molecule has 1 heterocycles. The molecular weight excluding hydrogens is 582 g/mol. The molecule has 0 unspecified atom stereocenters. The van der Waals surface area contributed by atoms with E-state index in [0.717, 1.165) is 22.9 Å². The van der Waals surface area contributed by atoms with Crippen LogP contribution in [0.25, 0.3) is 10.8 Å². The maximum atomic E-state index is 14.0. The number of nitrogens with one attached hydrogen (secondary N) is 1. The van der Waals surface area contributed by atoms with Crippen LogP contribution in [0.4, 0.5) is 5.69 Å². The van der Waals surface area contributed by atoms with Crippen LogP contribution in [-0.2, 0) is 32.6 Å². The Bertz CT molecular complexity index is 1720. The van der Waals surface area contributed by atoms with Crippen LogP contribution in [-0.4, -0.2) is 43.8 Å². The van der Waals surface area contributed by atoms with E-state index in [-0.39, 0.29) is 48.7 Å². The minimum absolute atomic E-state index is 0.0602. The average Bonchev–Trinajstić information content (AvgIpc) is 3.23. The molecule has 0 fully saturated rings. The molecule has 0 saturated carbocycles. The molecule has 43 heavy (non-hydrogen) atoms. The van der Waals surface area contributed by atoms with Crippen molar-refractivity contribution in [1.82, 2.24) is 10.2 Å². The molecule has 0 spiro atoms. The molecule has 4 aromatic carbocycles. The molecule has 9 heteroatoms. The Labute approximate surface area is 258 Å². The smallest absolute Gasteiger partial charge is 0.265 e. The Morgan fingerprint density at radius 3 is 2.35 bits per heavy atom. The Morgan fingerprint density at radius 1 is 0.930 bits per heavy atom. The molecule has 5 rings (SSSR count). The van der Waals surface area contributed by atoms with Crippen molar-refractivity contribution in [3.63, 3.8) is 0 Å². The van der Waals surface area contributed by atoms with E-state index < -0.39 is 16.1 Å². The zero-order valence-electron chi connectivity index (χ0n) is 24.4. The lowest BCUT2D eigenvalue weighted by atomic mass is 10.0. The summed E-state index contributed by atoms with van der Waals surface area (Å²) < 4.78 is 28.3. The SMILES string of the molecule is CC[C@@H](C)NC(=O)[C@@H](Cc1ccccc1)N(Cc1ccccc1Cl)C(=O)CCCN1c2cccc3cccc(c23)S1(=O)=O. The van der Waals surface area contributed by atoms with E-state index in [0.29, 0.717) is 22.5 Å². The van der Waals surface area contributed by atoms with Crippen molar-refractivity contribution >= 4 is 49.9 Å². The second-order valence-electron chi connectivity index (χ2n) is 10.9. The van der Waals surface area contributed by atoms with Gasteiger partial charge < -0.3 is 10.2 Å². The molecule has 2 atom stereocenters. The highest BCUT2D eigenvalue weighted by molar-refractivity contribution is 7.93. The molecule has 1 aliphatic rings. The van der Waals surface area contributed by atoms with Crippen LogP contribution >= 0.6 is 11.6 Å². The number of carbonyl (C=O) groups is 2. The molecule has 224 valence electrons. The van der Waals surface area contributed by atoms with Crippen molar-refractivity contribution in [2.45, 2.75) is 63.1 Å². The number of halogens is 1. The van der Waals surface area contributed by atoms with Crippen LogP contribution in [0.5, 0.6) is 0 Å². The first-order valence-corrected chi connectivity index (χ1v) is 16.4. The summed E-state index contributed by atoms with van der Waals surface area (Å²) in [5.41, 5.74) is 2.29. The Morgan fingerprint density at radius 2 is 1.63 bits per heavy atom. The fourth-order valence-corrected chi connectivity index (χ4v) is 7.47. The van der Waals surface area contributed by atoms with E-state index in [4.69, 9.17) is 11.6 Å². The fraction of sp³-hybridized carbons (Fsp3) is 0.294. The molecule has 0 saturated heterocycles. The third kappa shape index (κ3) is 6.55. The minimum Gasteiger partial charge on any atom is -0.352 e. The van der Waals surface area contributed by atoms with Crippen LogP contribution in [0.1, 0.15) is 44.2 Å². The fourth-order valence-electron chi connectivity index (χ4n) is 5.52. The third-order valence-electron chi connectivity index (χ3n) is 8.00. The van der Waals surface area contributed by atoms with Crippen LogP contribution in [0.15, 0.2) is 95.9 Å². The second-order valence-corrected chi connectivity index (χ2v) is 13.2. The number of nitrogens with zero attached hydrogens (tertiary/aromatic N) is 2. The Hall–Kier alpha value is -3.88. The number of amides is 2. The number of carbonyl (C=O) groups excluding carboxylic acids is 2. The quantitative estimate of drug-likeness (QED) is 0.201. The highest BCUT2D eigenvalue weighted by atomic mass is 35.5. The molecule has 0 radical (unpaired) electrons. The van der Waals surface area contributed by atoms with E-state index in [1.807, 2.05) is 80.6 Å². The molecule has 0 aliphatic carbocycles. The molecular formula is C34H36ClN3O4S. The number of rotatable bonds is 12. The first kappa shape index (κ1) is 30.6. The van der Waals surface area contributed by atoms with Gasteiger partial charge in [0.15, 0.2) is 0 Å². The van der Waals surface area contributed by atoms with Gasteiger partial charge in [-0.05, 0) is 54.5 Å². The number of benzene rings is 4. The van der Waals surface area contributed by atoms with Gasteiger partial charge >= 0.3 is 0 Å². The van der Waals surface area contributed by atoms with Crippen molar-refractivity contribution in [2.75, 3.05) is 10.8 Å². The first-order valence-electron chi connectivity index (χ1n) is 14.6. The maximum Gasteiger partial charge on any atom is 0.265 e. The summed E-state index contributed by atoms with van der Waals surface area (Å²) in [6.07, 6.45) is 1.43. The number of hydrogen-bond acceptors (Lipinski definition) is 4. The Kier molecular flexibility index (Phi) is 9.37. The summed E-state index contributed by atoms with van der Waals surface area (Å²) in [7, 11) is -3.73.